The Morgan fingerprint density at radius 2 is 1.90 bits per heavy atom. The summed E-state index contributed by atoms with van der Waals surface area (Å²) in [6.07, 6.45) is -0.340. The number of aliphatic hydroxyl groups excluding tert-OH is 2. The molecule has 0 aliphatic heterocycles. The van der Waals surface area contributed by atoms with E-state index in [9.17, 15) is 43.2 Å². The minimum absolute atomic E-state index is 0.0389. The van der Waals surface area contributed by atoms with Gasteiger partial charge in [-0.05, 0) is 49.8 Å². The number of rotatable bonds is 5. The summed E-state index contributed by atoms with van der Waals surface area (Å²) in [5.41, 5.74) is 2.05. The van der Waals surface area contributed by atoms with Gasteiger partial charge in [-0.3, -0.25) is 14.4 Å². The number of nitrogens with zero attached hydrogens (tertiary/aromatic N) is 1. The van der Waals surface area contributed by atoms with Gasteiger partial charge in [-0.1, -0.05) is 11.2 Å². The fraction of sp³-hybridized carbons (Fsp3) is 0.360. The third kappa shape index (κ3) is 3.78. The predicted molar refractivity (Wildman–Crippen MR) is 131 cm³/mol. The number of nitrogens with two attached hydrogens (primary N) is 1. The highest BCUT2D eigenvalue weighted by Gasteiger charge is 2.59. The van der Waals surface area contributed by atoms with E-state index in [-0.39, 0.29) is 53.3 Å². The number of hydrogen-bond donors (Lipinski definition) is 6. The number of nitrogens with one attached hydrogen (secondary N) is 1. The van der Waals surface area contributed by atoms with Crippen LogP contribution in [0, 0.1) is 25.7 Å². The van der Waals surface area contributed by atoms with Crippen molar-refractivity contribution in [2.24, 2.45) is 17.6 Å². The lowest BCUT2D eigenvalue weighted by Gasteiger charge is -2.45. The lowest BCUT2D eigenvalue weighted by molar-refractivity contribution is -0.144. The van der Waals surface area contributed by atoms with Crippen LogP contribution in [-0.4, -0.2) is 57.1 Å². The Morgan fingerprint density at radius 3 is 2.51 bits per heavy atom. The number of phenolic OH excluding ortho intramolecular Hbond substituents is 1. The highest BCUT2D eigenvalue weighted by atomic mass is 32.2. The molecule has 2 aromatic rings. The number of aromatic nitrogens is 1. The molecule has 0 spiro atoms. The molecule has 7 N–H and O–H groups in total. The third-order valence-electron chi connectivity index (χ3n) is 7.73. The van der Waals surface area contributed by atoms with Gasteiger partial charge < -0.3 is 30.7 Å². The number of carbonyl (C=O) groups is 3. The van der Waals surface area contributed by atoms with Crippen molar-refractivity contribution in [1.29, 1.82) is 0 Å². The second kappa shape index (κ2) is 8.76. The Bertz CT molecular complexity index is 1630. The van der Waals surface area contributed by atoms with Crippen LogP contribution in [0.2, 0.25) is 0 Å². The van der Waals surface area contributed by atoms with Crippen LogP contribution in [0.15, 0.2) is 44.2 Å². The van der Waals surface area contributed by atoms with E-state index in [2.05, 4.69) is 9.88 Å². The molecular weight excluding hydrogens is 534 g/mol. The SMILES string of the molecule is Cc1noc(C)c1S(=O)(=O)NCc1ccc(O)c2c1C[C@H]1C[C@H]3CC(O)=C(C(N)=O)C(=O)[C@@]3(O)C(O)=C1C2=O. The fourth-order valence-electron chi connectivity index (χ4n) is 5.95. The van der Waals surface area contributed by atoms with E-state index in [1.54, 1.807) is 0 Å². The summed E-state index contributed by atoms with van der Waals surface area (Å²) in [6.45, 7) is 2.68. The van der Waals surface area contributed by atoms with E-state index in [1.807, 2.05) is 0 Å². The largest absolute Gasteiger partial charge is 0.511 e. The van der Waals surface area contributed by atoms with Crippen LogP contribution < -0.4 is 10.5 Å². The number of primary amides is 1. The van der Waals surface area contributed by atoms with Gasteiger partial charge in [-0.25, -0.2) is 13.1 Å². The monoisotopic (exact) mass is 559 g/mol. The van der Waals surface area contributed by atoms with Crippen LogP contribution in [0.4, 0.5) is 0 Å². The molecule has 5 rings (SSSR count). The molecular formula is C25H25N3O10S. The first-order valence-electron chi connectivity index (χ1n) is 11.9. The molecule has 13 nitrogen and oxygen atoms in total. The van der Waals surface area contributed by atoms with Crippen LogP contribution in [0.1, 0.15) is 45.8 Å². The first-order valence-corrected chi connectivity index (χ1v) is 13.4. The number of aliphatic hydroxyl groups is 3. The predicted octanol–water partition coefficient (Wildman–Crippen LogP) is 0.664. The first kappa shape index (κ1) is 26.6. The summed E-state index contributed by atoms with van der Waals surface area (Å²) in [6, 6.07) is 2.66. The highest BCUT2D eigenvalue weighted by Crippen LogP contribution is 2.51. The molecule has 1 aromatic heterocycles. The van der Waals surface area contributed by atoms with Crippen LogP contribution in [0.5, 0.6) is 5.75 Å². The van der Waals surface area contributed by atoms with Gasteiger partial charge in [-0.15, -0.1) is 0 Å². The molecule has 0 saturated heterocycles. The zero-order valence-electron chi connectivity index (χ0n) is 20.8. The number of benzene rings is 1. The molecule has 39 heavy (non-hydrogen) atoms. The maximum atomic E-state index is 13.6. The molecule has 0 bridgehead atoms. The minimum atomic E-state index is -4.05. The van der Waals surface area contributed by atoms with Crippen molar-refractivity contribution in [3.63, 3.8) is 0 Å². The number of aryl methyl sites for hydroxylation is 2. The van der Waals surface area contributed by atoms with Gasteiger partial charge in [0, 0.05) is 24.5 Å². The Morgan fingerprint density at radius 1 is 1.21 bits per heavy atom. The van der Waals surface area contributed by atoms with E-state index in [4.69, 9.17) is 10.3 Å². The van der Waals surface area contributed by atoms with Crippen LogP contribution in [0.3, 0.4) is 0 Å². The molecule has 0 radical (unpaired) electrons. The van der Waals surface area contributed by atoms with Crippen molar-refractivity contribution in [3.8, 4) is 5.75 Å². The number of Topliss-reactive ketones (excluding diaryl/α,β-unsaturated/α-hetero) is 2. The van der Waals surface area contributed by atoms with Crippen molar-refractivity contribution in [2.75, 3.05) is 0 Å². The normalized spacial score (nSPS) is 24.9. The topological polar surface area (TPSA) is 230 Å². The van der Waals surface area contributed by atoms with Gasteiger partial charge in [0.1, 0.15) is 33.4 Å². The number of sulfonamides is 1. The quantitative estimate of drug-likeness (QED) is 0.279. The Kier molecular flexibility index (Phi) is 5.97. The van der Waals surface area contributed by atoms with Gasteiger partial charge in [0.25, 0.3) is 5.91 Å². The van der Waals surface area contributed by atoms with Crippen molar-refractivity contribution >= 4 is 27.5 Å². The molecule has 1 heterocycles. The number of fused-ring (bicyclic) bond motifs is 3. The smallest absolute Gasteiger partial charge is 0.255 e. The maximum absolute atomic E-state index is 13.6. The number of phenols is 1. The second-order valence-corrected chi connectivity index (χ2v) is 11.7. The summed E-state index contributed by atoms with van der Waals surface area (Å²) in [7, 11) is -4.05. The zero-order chi connectivity index (χ0) is 28.6. The number of aromatic hydroxyl groups is 1. The number of allylic oxidation sites excluding steroid dienone is 2. The number of amides is 1. The molecule has 0 saturated carbocycles. The van der Waals surface area contributed by atoms with Gasteiger partial charge in [0.05, 0.1) is 5.56 Å². The fourth-order valence-corrected chi connectivity index (χ4v) is 7.28. The average molecular weight is 560 g/mol. The highest BCUT2D eigenvalue weighted by molar-refractivity contribution is 7.89. The maximum Gasteiger partial charge on any atom is 0.255 e. The summed E-state index contributed by atoms with van der Waals surface area (Å²) >= 11 is 0. The zero-order valence-corrected chi connectivity index (χ0v) is 21.6. The average Bonchev–Trinajstić information content (AvgIpc) is 3.19. The molecule has 14 heteroatoms. The van der Waals surface area contributed by atoms with Crippen molar-refractivity contribution in [3.05, 3.63) is 62.9 Å². The standard InChI is InChI=1S/C25H25N3O10S/c1-9-21(10(2)38-28-9)39(36,37)27-8-11-3-4-15(29)18-14(11)6-12-5-13-7-16(30)19(24(26)34)23(33)25(13,35)22(32)17(12)20(18)31/h3-4,12-13,27,29-30,32,35H,5-8H2,1-2H3,(H2,26,34)/t12-,13+,25+/m1/s1. The van der Waals surface area contributed by atoms with Crippen LogP contribution in [-0.2, 0) is 32.6 Å². The third-order valence-corrected chi connectivity index (χ3v) is 9.38. The Balaban J connectivity index is 1.55. The molecule has 0 unspecified atom stereocenters. The summed E-state index contributed by atoms with van der Waals surface area (Å²) < 4.78 is 33.2. The minimum Gasteiger partial charge on any atom is -0.511 e. The lowest BCUT2D eigenvalue weighted by Crippen LogP contribution is -2.57. The van der Waals surface area contributed by atoms with Crippen molar-refractivity contribution in [1.82, 2.24) is 9.88 Å². The van der Waals surface area contributed by atoms with E-state index in [0.29, 0.717) is 11.1 Å². The molecule has 206 valence electrons. The number of carbonyl (C=O) groups excluding carboxylic acids is 3. The van der Waals surface area contributed by atoms with E-state index in [1.165, 1.54) is 26.0 Å². The molecule has 1 aromatic carbocycles. The van der Waals surface area contributed by atoms with Gasteiger partial charge in [0.2, 0.25) is 15.8 Å². The van der Waals surface area contributed by atoms with Crippen molar-refractivity contribution < 1.29 is 47.8 Å². The number of ketones is 2. The second-order valence-electron chi connectivity index (χ2n) is 9.99. The van der Waals surface area contributed by atoms with E-state index >= 15 is 0 Å². The number of hydrogen-bond acceptors (Lipinski definition) is 11. The van der Waals surface area contributed by atoms with Crippen LogP contribution in [0.25, 0.3) is 0 Å². The van der Waals surface area contributed by atoms with Gasteiger partial charge >= 0.3 is 0 Å². The summed E-state index contributed by atoms with van der Waals surface area (Å²) in [5, 5.41) is 46.9. The molecule has 3 aliphatic carbocycles. The first-order chi connectivity index (χ1) is 18.2. The van der Waals surface area contributed by atoms with Gasteiger partial charge in [-0.2, -0.15) is 0 Å². The summed E-state index contributed by atoms with van der Waals surface area (Å²) in [4.78, 5) is 38.3. The molecule has 3 aliphatic rings. The lowest BCUT2D eigenvalue weighted by atomic mass is 9.60. The van der Waals surface area contributed by atoms with E-state index < -0.39 is 67.8 Å². The Hall–Kier alpha value is -4.01. The summed E-state index contributed by atoms with van der Waals surface area (Å²) in [5.74, 6) is -7.19. The van der Waals surface area contributed by atoms with E-state index in [0.717, 1.165) is 0 Å². The van der Waals surface area contributed by atoms with Crippen LogP contribution >= 0.6 is 0 Å². The molecule has 1 amide bonds. The molecule has 0 fully saturated rings. The molecule has 3 atom stereocenters. The van der Waals surface area contributed by atoms with Crippen molar-refractivity contribution in [2.45, 2.75) is 50.2 Å². The van der Waals surface area contributed by atoms with Gasteiger partial charge in [0.15, 0.2) is 17.1 Å². The Labute approximate surface area is 221 Å².